The first-order chi connectivity index (χ1) is 18.6. The fourth-order valence-electron chi connectivity index (χ4n) is 4.01. The maximum absolute atomic E-state index is 12.0. The van der Waals surface area contributed by atoms with E-state index in [9.17, 15) is 4.39 Å². The number of allylic oxidation sites excluding steroid dienone is 3. The highest BCUT2D eigenvalue weighted by molar-refractivity contribution is 5.75. The molecule has 1 aliphatic rings. The molecule has 6 heteroatoms. The van der Waals surface area contributed by atoms with E-state index in [1.807, 2.05) is 61.6 Å². The van der Waals surface area contributed by atoms with E-state index in [1.165, 1.54) is 30.0 Å². The molecule has 226 valence electrons. The van der Waals surface area contributed by atoms with Gasteiger partial charge in [-0.1, -0.05) is 80.5 Å². The molecule has 2 rings (SSSR count). The Morgan fingerprint density at radius 2 is 1.72 bits per heavy atom. The fourth-order valence-corrected chi connectivity index (χ4v) is 4.01. The van der Waals surface area contributed by atoms with Crippen LogP contribution in [0.1, 0.15) is 112 Å². The van der Waals surface area contributed by atoms with Crippen molar-refractivity contribution in [3.63, 3.8) is 0 Å². The van der Waals surface area contributed by atoms with Gasteiger partial charge >= 0.3 is 0 Å². The van der Waals surface area contributed by atoms with E-state index >= 15 is 0 Å². The van der Waals surface area contributed by atoms with Crippen LogP contribution in [0.4, 0.5) is 4.39 Å². The third kappa shape index (κ3) is 22.2. The lowest BCUT2D eigenvalue weighted by Gasteiger charge is -2.22. The maximum Gasteiger partial charge on any atom is 0.136 e. The Hall–Kier alpha value is -2.33. The number of nitrogens with zero attached hydrogens (tertiary/aromatic N) is 2. The molecule has 0 saturated heterocycles. The summed E-state index contributed by atoms with van der Waals surface area (Å²) < 4.78 is 12.0. The molecule has 4 unspecified atom stereocenters. The molecule has 0 aliphatic heterocycles. The van der Waals surface area contributed by atoms with Crippen LogP contribution in [-0.4, -0.2) is 26.1 Å². The van der Waals surface area contributed by atoms with Crippen molar-refractivity contribution in [1.82, 2.24) is 5.32 Å². The molecule has 0 aromatic heterocycles. The van der Waals surface area contributed by atoms with Crippen molar-refractivity contribution in [2.75, 3.05) is 13.7 Å². The molecule has 1 aromatic carbocycles. The van der Waals surface area contributed by atoms with Crippen molar-refractivity contribution in [1.29, 1.82) is 5.26 Å². The maximum atomic E-state index is 12.0. The SMILES string of the molecule is C/C=C(F)\C=N/CN.C=CC1c2cc(C#N)ccc2CC1CC(C)CC(C)C.CC.CC.CC.CNC(C)N. The van der Waals surface area contributed by atoms with Gasteiger partial charge in [0.05, 0.1) is 30.7 Å². The van der Waals surface area contributed by atoms with E-state index in [1.54, 1.807) is 6.92 Å². The van der Waals surface area contributed by atoms with Crippen molar-refractivity contribution in [2.24, 2.45) is 34.2 Å². The highest BCUT2D eigenvalue weighted by atomic mass is 19.1. The molecule has 1 aliphatic carbocycles. The minimum Gasteiger partial charge on any atom is -0.316 e. The summed E-state index contributed by atoms with van der Waals surface area (Å²) in [6.07, 6.45) is 8.32. The molecule has 0 spiro atoms. The lowest BCUT2D eigenvalue weighted by Crippen LogP contribution is -2.30. The van der Waals surface area contributed by atoms with Crippen LogP contribution in [0.25, 0.3) is 0 Å². The summed E-state index contributed by atoms with van der Waals surface area (Å²) in [4.78, 5) is 3.45. The lowest BCUT2D eigenvalue weighted by molar-refractivity contribution is 0.334. The normalized spacial score (nSPS) is 16.5. The van der Waals surface area contributed by atoms with Gasteiger partial charge in [0.25, 0.3) is 0 Å². The van der Waals surface area contributed by atoms with Crippen molar-refractivity contribution in [3.05, 3.63) is 59.4 Å². The first-order valence-electron chi connectivity index (χ1n) is 14.7. The molecule has 0 saturated carbocycles. The number of fused-ring (bicyclic) bond motifs is 1. The zero-order valence-electron chi connectivity index (χ0n) is 27.3. The van der Waals surface area contributed by atoms with Crippen LogP contribution >= 0.6 is 0 Å². The largest absolute Gasteiger partial charge is 0.316 e. The number of hydrogen-bond acceptors (Lipinski definition) is 5. The van der Waals surface area contributed by atoms with Gasteiger partial charge in [0.15, 0.2) is 0 Å². The van der Waals surface area contributed by atoms with E-state index < -0.39 is 0 Å². The van der Waals surface area contributed by atoms with Crippen LogP contribution in [0, 0.1) is 29.1 Å². The van der Waals surface area contributed by atoms with Crippen molar-refractivity contribution in [3.8, 4) is 6.07 Å². The van der Waals surface area contributed by atoms with Gasteiger partial charge in [0.1, 0.15) is 5.83 Å². The number of hydrogen-bond donors (Lipinski definition) is 3. The summed E-state index contributed by atoms with van der Waals surface area (Å²) in [5, 5.41) is 11.9. The topological polar surface area (TPSA) is 100 Å². The number of rotatable bonds is 8. The van der Waals surface area contributed by atoms with Crippen LogP contribution in [0.2, 0.25) is 0 Å². The molecular weight excluding hydrogens is 485 g/mol. The Morgan fingerprint density at radius 3 is 2.10 bits per heavy atom. The second kappa shape index (κ2) is 30.2. The third-order valence-corrected chi connectivity index (χ3v) is 5.51. The van der Waals surface area contributed by atoms with Gasteiger partial charge in [-0.3, -0.25) is 4.99 Å². The smallest absolute Gasteiger partial charge is 0.136 e. The Balaban J connectivity index is -0.000000268. The molecule has 0 amide bonds. The summed E-state index contributed by atoms with van der Waals surface area (Å²) in [5.74, 6) is 2.25. The average Bonchev–Trinajstić information content (AvgIpc) is 3.30. The Kier molecular flexibility index (Phi) is 33.9. The highest BCUT2D eigenvalue weighted by Crippen LogP contribution is 2.42. The number of benzene rings is 1. The summed E-state index contributed by atoms with van der Waals surface area (Å²) >= 11 is 0. The predicted octanol–water partition coefficient (Wildman–Crippen LogP) is 8.51. The Labute approximate surface area is 242 Å². The van der Waals surface area contributed by atoms with Crippen molar-refractivity contribution in [2.45, 2.75) is 108 Å². The first-order valence-corrected chi connectivity index (χ1v) is 14.7. The molecule has 0 bridgehead atoms. The van der Waals surface area contributed by atoms with Crippen LogP contribution < -0.4 is 16.8 Å². The van der Waals surface area contributed by atoms with Crippen LogP contribution in [0.5, 0.6) is 0 Å². The molecule has 0 radical (unpaired) electrons. The standard InChI is InChI=1S/C19H25N.C5H9FN2.C3H10N2.3C2H6/c1-5-18-17(9-14(4)8-13(2)3)11-16-7-6-15(12-20)10-19(16)18;1-2-5(6)3-8-4-7;1-3(4)5-2;3*1-2/h5-7,10,13-14,17-18H,1,8-9,11H2,2-4H3;2-3H,4,7H2,1H3;3,5H,4H2,1-2H3;3*1-2H3/b;5-2+,8-3-;;;;. The zero-order valence-corrected chi connectivity index (χ0v) is 27.3. The van der Waals surface area contributed by atoms with Crippen LogP contribution in [-0.2, 0) is 6.42 Å². The molecule has 5 nitrogen and oxygen atoms in total. The van der Waals surface area contributed by atoms with Crippen molar-refractivity contribution < 1.29 is 4.39 Å². The van der Waals surface area contributed by atoms with Gasteiger partial charge in [-0.25, -0.2) is 4.39 Å². The molecule has 0 heterocycles. The highest BCUT2D eigenvalue weighted by Gasteiger charge is 2.31. The second-order valence-electron chi connectivity index (χ2n) is 8.97. The van der Waals surface area contributed by atoms with E-state index in [0.717, 1.165) is 30.0 Å². The third-order valence-electron chi connectivity index (χ3n) is 5.51. The number of nitrogens with one attached hydrogen (secondary N) is 1. The Bertz CT molecular complexity index is 794. The number of nitrogens with two attached hydrogens (primary N) is 2. The predicted molar refractivity (Wildman–Crippen MR) is 174 cm³/mol. The average molecular weight is 548 g/mol. The van der Waals surface area contributed by atoms with Gasteiger partial charge in [-0.05, 0) is 81.2 Å². The lowest BCUT2D eigenvalue weighted by atomic mass is 9.83. The second-order valence-corrected chi connectivity index (χ2v) is 8.97. The quantitative estimate of drug-likeness (QED) is 0.172. The molecule has 39 heavy (non-hydrogen) atoms. The molecule has 1 aromatic rings. The summed E-state index contributed by atoms with van der Waals surface area (Å²) in [6, 6.07) is 8.39. The Morgan fingerprint density at radius 1 is 1.18 bits per heavy atom. The minimum absolute atomic E-state index is 0.134. The van der Waals surface area contributed by atoms with Gasteiger partial charge < -0.3 is 16.8 Å². The van der Waals surface area contributed by atoms with Crippen LogP contribution in [0.15, 0.2) is 47.7 Å². The van der Waals surface area contributed by atoms with E-state index in [2.05, 4.69) is 61.9 Å². The van der Waals surface area contributed by atoms with Gasteiger partial charge in [0, 0.05) is 5.92 Å². The monoisotopic (exact) mass is 547 g/mol. The number of aliphatic imine (C=N–C) groups is 1. The summed E-state index contributed by atoms with van der Waals surface area (Å²) in [5.41, 5.74) is 13.6. The van der Waals surface area contributed by atoms with E-state index in [-0.39, 0.29) is 18.7 Å². The fraction of sp³-hybridized carbons (Fsp3) is 0.636. The van der Waals surface area contributed by atoms with Crippen molar-refractivity contribution >= 4 is 6.21 Å². The molecular formula is C33H62FN5. The first kappa shape index (κ1) is 43.7. The summed E-state index contributed by atoms with van der Waals surface area (Å²) in [7, 11) is 1.82. The number of halogens is 1. The zero-order chi connectivity index (χ0) is 31.4. The molecule has 0 fully saturated rings. The van der Waals surface area contributed by atoms with Gasteiger partial charge in [-0.2, -0.15) is 5.26 Å². The van der Waals surface area contributed by atoms with E-state index in [0.29, 0.717) is 11.8 Å². The number of nitriles is 1. The molecule has 5 N–H and O–H groups in total. The van der Waals surface area contributed by atoms with Gasteiger partial charge in [0.2, 0.25) is 0 Å². The summed E-state index contributed by atoms with van der Waals surface area (Å²) in [6.45, 7) is 26.6. The minimum atomic E-state index is -0.351. The van der Waals surface area contributed by atoms with Gasteiger partial charge in [-0.15, -0.1) is 6.58 Å². The van der Waals surface area contributed by atoms with Crippen LogP contribution in [0.3, 0.4) is 0 Å². The van der Waals surface area contributed by atoms with E-state index in [4.69, 9.17) is 16.7 Å². The molecule has 4 atom stereocenters.